The number of fused-ring (bicyclic) bond motifs is 1. The number of anilines is 1. The van der Waals surface area contributed by atoms with Gasteiger partial charge in [0.25, 0.3) is 10.0 Å². The number of rotatable bonds is 3. The summed E-state index contributed by atoms with van der Waals surface area (Å²) in [5.41, 5.74) is 1.52. The summed E-state index contributed by atoms with van der Waals surface area (Å²) in [6.07, 6.45) is 7.44. The number of hydrogen-bond acceptors (Lipinski definition) is 3. The Balaban J connectivity index is 1.85. The first-order chi connectivity index (χ1) is 13.6. The number of benzene rings is 1. The van der Waals surface area contributed by atoms with Crippen molar-refractivity contribution in [3.8, 4) is 0 Å². The third-order valence-electron chi connectivity index (χ3n) is 6.16. The molecule has 0 radical (unpaired) electrons. The summed E-state index contributed by atoms with van der Waals surface area (Å²) < 4.78 is 45.0. The van der Waals surface area contributed by atoms with E-state index >= 15 is 0 Å². The highest BCUT2D eigenvalue weighted by molar-refractivity contribution is 7.93. The monoisotopic (exact) mass is 419 g/mol. The largest absolute Gasteiger partial charge is 0.268 e. The molecule has 0 bridgehead atoms. The van der Waals surface area contributed by atoms with Crippen LogP contribution in [0.3, 0.4) is 0 Å². The van der Waals surface area contributed by atoms with Gasteiger partial charge in [-0.2, -0.15) is 5.10 Å². The molecule has 4 rings (SSSR count). The molecule has 2 aliphatic rings. The Morgan fingerprint density at radius 1 is 1.14 bits per heavy atom. The van der Waals surface area contributed by atoms with E-state index in [4.69, 9.17) is 5.10 Å². The Morgan fingerprint density at radius 2 is 1.83 bits per heavy atom. The van der Waals surface area contributed by atoms with Crippen LogP contribution in [0.15, 0.2) is 29.3 Å². The lowest BCUT2D eigenvalue weighted by Gasteiger charge is -2.36. The van der Waals surface area contributed by atoms with Crippen molar-refractivity contribution in [2.75, 3.05) is 4.31 Å². The van der Waals surface area contributed by atoms with E-state index in [-0.39, 0.29) is 22.8 Å². The van der Waals surface area contributed by atoms with E-state index in [1.807, 2.05) is 32.4 Å². The molecule has 7 heteroatoms. The summed E-state index contributed by atoms with van der Waals surface area (Å²) in [6, 6.07) is 4.46. The predicted molar refractivity (Wildman–Crippen MR) is 112 cm³/mol. The molecule has 1 aliphatic carbocycles. The summed E-state index contributed by atoms with van der Waals surface area (Å²) in [5, 5.41) is 4.77. The highest BCUT2D eigenvalue weighted by atomic mass is 32.2. The lowest BCUT2D eigenvalue weighted by molar-refractivity contribution is 0.448. The van der Waals surface area contributed by atoms with Gasteiger partial charge in [-0.3, -0.25) is 8.99 Å². The van der Waals surface area contributed by atoms with Crippen LogP contribution in [0.1, 0.15) is 77.1 Å². The van der Waals surface area contributed by atoms with Crippen LogP contribution in [0.2, 0.25) is 0 Å². The van der Waals surface area contributed by atoms with Crippen molar-refractivity contribution in [3.05, 3.63) is 41.5 Å². The zero-order chi connectivity index (χ0) is 21.0. The van der Waals surface area contributed by atoms with Crippen molar-refractivity contribution in [1.82, 2.24) is 9.78 Å². The van der Waals surface area contributed by atoms with Gasteiger partial charge in [0.05, 0.1) is 17.4 Å². The number of hydrogen-bond donors (Lipinski definition) is 0. The third kappa shape index (κ3) is 3.58. The predicted octanol–water partition coefficient (Wildman–Crippen LogP) is 4.96. The number of aromatic nitrogens is 2. The van der Waals surface area contributed by atoms with E-state index in [1.165, 1.54) is 16.4 Å². The molecule has 1 unspecified atom stereocenters. The summed E-state index contributed by atoms with van der Waals surface area (Å²) in [4.78, 5) is 0.279. The number of halogens is 1. The second kappa shape index (κ2) is 7.11. The van der Waals surface area contributed by atoms with Gasteiger partial charge in [0.2, 0.25) is 0 Å². The Hall–Kier alpha value is -1.89. The molecular weight excluding hydrogens is 389 g/mol. The molecule has 1 aliphatic heterocycles. The minimum atomic E-state index is -3.83. The van der Waals surface area contributed by atoms with Crippen molar-refractivity contribution >= 4 is 15.7 Å². The fourth-order valence-corrected chi connectivity index (χ4v) is 6.66. The van der Waals surface area contributed by atoms with E-state index in [1.54, 1.807) is 12.3 Å². The van der Waals surface area contributed by atoms with Gasteiger partial charge in [0.1, 0.15) is 10.7 Å². The minimum Gasteiger partial charge on any atom is -0.268 e. The Labute approximate surface area is 173 Å². The smallest absolute Gasteiger partial charge is 0.268 e. The highest BCUT2D eigenvalue weighted by Crippen LogP contribution is 2.39. The molecule has 0 spiro atoms. The van der Waals surface area contributed by atoms with Crippen LogP contribution in [0.4, 0.5) is 10.1 Å². The maximum atomic E-state index is 13.9. The molecule has 1 saturated carbocycles. The summed E-state index contributed by atoms with van der Waals surface area (Å²) >= 11 is 0. The van der Waals surface area contributed by atoms with Gasteiger partial charge in [0.15, 0.2) is 0 Å². The van der Waals surface area contributed by atoms with Crippen molar-refractivity contribution in [2.24, 2.45) is 0 Å². The fraction of sp³-hybridized carbons (Fsp3) is 0.591. The number of aryl methyl sites for hydroxylation is 1. The Morgan fingerprint density at radius 3 is 2.48 bits per heavy atom. The molecule has 158 valence electrons. The maximum Gasteiger partial charge on any atom is 0.268 e. The van der Waals surface area contributed by atoms with E-state index in [9.17, 15) is 12.8 Å². The average molecular weight is 420 g/mol. The Bertz CT molecular complexity index is 1020. The molecule has 1 aromatic heterocycles. The van der Waals surface area contributed by atoms with Crippen molar-refractivity contribution in [1.29, 1.82) is 0 Å². The topological polar surface area (TPSA) is 55.2 Å². The molecule has 2 heterocycles. The first-order valence-electron chi connectivity index (χ1n) is 10.5. The molecule has 2 aromatic rings. The van der Waals surface area contributed by atoms with Crippen molar-refractivity contribution in [2.45, 2.75) is 88.6 Å². The van der Waals surface area contributed by atoms with Crippen LogP contribution in [0, 0.1) is 5.82 Å². The van der Waals surface area contributed by atoms with Gasteiger partial charge < -0.3 is 0 Å². The van der Waals surface area contributed by atoms with Crippen LogP contribution >= 0.6 is 0 Å². The molecule has 0 amide bonds. The lowest BCUT2D eigenvalue weighted by atomic mass is 9.92. The van der Waals surface area contributed by atoms with Gasteiger partial charge in [-0.1, -0.05) is 33.6 Å². The SMILES string of the molecule is CC1CCc2cc(F)ccc2N1S(=O)(=O)c1cn(C2CCCC2)nc1C(C)(C)C. The summed E-state index contributed by atoms with van der Waals surface area (Å²) in [6.45, 7) is 7.91. The molecule has 0 saturated heterocycles. The Kier molecular flexibility index (Phi) is 5.00. The zero-order valence-corrected chi connectivity index (χ0v) is 18.5. The fourth-order valence-electron chi connectivity index (χ4n) is 4.60. The van der Waals surface area contributed by atoms with Crippen LogP contribution in [0.25, 0.3) is 0 Å². The lowest BCUT2D eigenvalue weighted by Crippen LogP contribution is -2.42. The van der Waals surface area contributed by atoms with E-state index in [2.05, 4.69) is 0 Å². The van der Waals surface area contributed by atoms with Crippen LogP contribution in [0.5, 0.6) is 0 Å². The van der Waals surface area contributed by atoms with E-state index in [0.29, 0.717) is 24.2 Å². The molecular formula is C22H30FN3O2S. The van der Waals surface area contributed by atoms with Gasteiger partial charge in [-0.15, -0.1) is 0 Å². The quantitative estimate of drug-likeness (QED) is 0.706. The molecule has 1 aromatic carbocycles. The second-order valence-corrected chi connectivity index (χ2v) is 11.3. The molecule has 0 N–H and O–H groups in total. The molecule has 1 fully saturated rings. The van der Waals surface area contributed by atoms with E-state index in [0.717, 1.165) is 31.2 Å². The molecule has 29 heavy (non-hydrogen) atoms. The molecule has 5 nitrogen and oxygen atoms in total. The number of sulfonamides is 1. The number of nitrogens with zero attached hydrogens (tertiary/aromatic N) is 3. The summed E-state index contributed by atoms with van der Waals surface area (Å²) in [7, 11) is -3.83. The second-order valence-electron chi connectivity index (χ2n) is 9.47. The normalized spacial score (nSPS) is 20.9. The third-order valence-corrected chi connectivity index (χ3v) is 8.08. The van der Waals surface area contributed by atoms with Crippen LogP contribution in [-0.2, 0) is 21.9 Å². The molecule has 1 atom stereocenters. The van der Waals surface area contributed by atoms with Gasteiger partial charge in [0, 0.05) is 17.7 Å². The first kappa shape index (κ1) is 20.4. The first-order valence-corrected chi connectivity index (χ1v) is 12.0. The minimum absolute atomic E-state index is 0.194. The summed E-state index contributed by atoms with van der Waals surface area (Å²) in [5.74, 6) is -0.333. The van der Waals surface area contributed by atoms with Crippen molar-refractivity contribution in [3.63, 3.8) is 0 Å². The van der Waals surface area contributed by atoms with Crippen LogP contribution in [-0.4, -0.2) is 24.2 Å². The van der Waals surface area contributed by atoms with Crippen molar-refractivity contribution < 1.29 is 12.8 Å². The van der Waals surface area contributed by atoms with Gasteiger partial charge >= 0.3 is 0 Å². The zero-order valence-electron chi connectivity index (χ0n) is 17.7. The average Bonchev–Trinajstić information content (AvgIpc) is 3.30. The highest BCUT2D eigenvalue weighted by Gasteiger charge is 2.39. The maximum absolute atomic E-state index is 13.9. The van der Waals surface area contributed by atoms with Crippen LogP contribution < -0.4 is 4.31 Å². The van der Waals surface area contributed by atoms with Gasteiger partial charge in [-0.25, -0.2) is 12.8 Å². The standard InChI is InChI=1S/C22H30FN3O2S/c1-15-9-10-16-13-17(23)11-12-19(16)26(15)29(27,28)20-14-25(18-7-5-6-8-18)24-21(20)22(2,3)4/h11-15,18H,5-10H2,1-4H3. The van der Waals surface area contributed by atoms with Gasteiger partial charge in [-0.05, 0) is 56.4 Å². The van der Waals surface area contributed by atoms with E-state index < -0.39 is 15.4 Å².